The van der Waals surface area contributed by atoms with E-state index in [0.717, 1.165) is 23.4 Å². The third kappa shape index (κ3) is 2.52. The maximum Gasteiger partial charge on any atom is 0.322 e. The van der Waals surface area contributed by atoms with Crippen LogP contribution in [0, 0.1) is 0 Å². The number of benzene rings is 1. The van der Waals surface area contributed by atoms with Crippen LogP contribution >= 0.6 is 0 Å². The lowest BCUT2D eigenvalue weighted by Gasteiger charge is -2.31. The van der Waals surface area contributed by atoms with E-state index in [0.29, 0.717) is 12.1 Å². The highest BCUT2D eigenvalue weighted by Crippen LogP contribution is 2.36. The predicted octanol–water partition coefficient (Wildman–Crippen LogP) is 2.29. The van der Waals surface area contributed by atoms with Crippen LogP contribution in [0.1, 0.15) is 31.9 Å². The van der Waals surface area contributed by atoms with Crippen LogP contribution in [0.4, 0.5) is 4.79 Å². The molecule has 6 heteroatoms. The lowest BCUT2D eigenvalue weighted by Crippen LogP contribution is -2.45. The molecular formula is C18H23N3O3. The van der Waals surface area contributed by atoms with E-state index in [9.17, 15) is 9.59 Å². The van der Waals surface area contributed by atoms with Crippen LogP contribution in [-0.4, -0.2) is 48.5 Å². The van der Waals surface area contributed by atoms with E-state index < -0.39 is 6.04 Å². The van der Waals surface area contributed by atoms with Gasteiger partial charge >= 0.3 is 6.03 Å². The summed E-state index contributed by atoms with van der Waals surface area (Å²) in [5.41, 5.74) is 2.34. The van der Waals surface area contributed by atoms with Crippen LogP contribution in [-0.2, 0) is 4.79 Å². The normalized spacial score (nSPS) is 21.8. The molecule has 1 aromatic carbocycles. The number of rotatable bonds is 4. The second-order valence-corrected chi connectivity index (χ2v) is 6.27. The fraction of sp³-hybridized carbons (Fsp3) is 0.444. The van der Waals surface area contributed by atoms with Crippen molar-refractivity contribution in [1.82, 2.24) is 15.1 Å². The Kier molecular flexibility index (Phi) is 4.22. The van der Waals surface area contributed by atoms with E-state index in [1.165, 1.54) is 0 Å². The number of carbonyl (C=O) groups excluding carboxylic acids is 2. The van der Waals surface area contributed by atoms with Crippen LogP contribution in [0.3, 0.4) is 0 Å². The van der Waals surface area contributed by atoms with Crippen LogP contribution in [0.25, 0.3) is 0 Å². The monoisotopic (exact) mass is 329 g/mol. The number of carbonyl (C=O) groups is 2. The minimum atomic E-state index is -0.420. The van der Waals surface area contributed by atoms with Gasteiger partial charge in [0.25, 0.3) is 5.91 Å². The smallest absolute Gasteiger partial charge is 0.322 e. The Morgan fingerprint density at radius 2 is 1.96 bits per heavy atom. The molecule has 0 bridgehead atoms. The quantitative estimate of drug-likeness (QED) is 0.922. The molecule has 1 aromatic rings. The Morgan fingerprint density at radius 1 is 1.29 bits per heavy atom. The molecule has 24 heavy (non-hydrogen) atoms. The molecular weight excluding hydrogens is 306 g/mol. The van der Waals surface area contributed by atoms with Crippen molar-refractivity contribution in [3.63, 3.8) is 0 Å². The maximum absolute atomic E-state index is 13.0. The van der Waals surface area contributed by atoms with Gasteiger partial charge in [-0.05, 0) is 31.0 Å². The molecule has 3 amide bonds. The first-order chi connectivity index (χ1) is 11.5. The number of amides is 3. The van der Waals surface area contributed by atoms with Crippen LogP contribution in [0.5, 0.6) is 5.75 Å². The Bertz CT molecular complexity index is 696. The standard InChI is InChI=1S/C18H23N3O3/c1-5-11(2)21-10-14-15(17(21)22)16(19-18(23)20(14)3)12-6-8-13(24-4)9-7-12/h6-9,11,16H,5,10H2,1-4H3,(H,19,23)/t11-,16-/m1/s1. The SMILES string of the molecule is CC[C@@H](C)N1CC2=C(C1=O)[C@@H](c1ccc(OC)cc1)NC(=O)N2C. The molecule has 2 aliphatic rings. The van der Waals surface area contributed by atoms with E-state index in [1.807, 2.05) is 36.1 Å². The van der Waals surface area contributed by atoms with E-state index in [-0.39, 0.29) is 18.0 Å². The summed E-state index contributed by atoms with van der Waals surface area (Å²) in [4.78, 5) is 28.7. The summed E-state index contributed by atoms with van der Waals surface area (Å²) < 4.78 is 5.18. The molecule has 0 saturated heterocycles. The Balaban J connectivity index is 2.00. The van der Waals surface area contributed by atoms with Crippen LogP contribution < -0.4 is 10.1 Å². The molecule has 0 radical (unpaired) electrons. The zero-order valence-corrected chi connectivity index (χ0v) is 14.5. The average molecular weight is 329 g/mol. The number of urea groups is 1. The van der Waals surface area contributed by atoms with Gasteiger partial charge in [0.2, 0.25) is 0 Å². The maximum atomic E-state index is 13.0. The first-order valence-corrected chi connectivity index (χ1v) is 8.20. The van der Waals surface area contributed by atoms with Crippen molar-refractivity contribution in [3.05, 3.63) is 41.1 Å². The average Bonchev–Trinajstić information content (AvgIpc) is 2.95. The Labute approximate surface area is 142 Å². The largest absolute Gasteiger partial charge is 0.497 e. The Morgan fingerprint density at radius 3 is 2.54 bits per heavy atom. The predicted molar refractivity (Wildman–Crippen MR) is 90.5 cm³/mol. The van der Waals surface area contributed by atoms with Gasteiger partial charge in [0.1, 0.15) is 5.75 Å². The van der Waals surface area contributed by atoms with Gasteiger partial charge < -0.3 is 15.0 Å². The number of hydrogen-bond donors (Lipinski definition) is 1. The number of ether oxygens (including phenoxy) is 1. The van der Waals surface area contributed by atoms with Gasteiger partial charge in [-0.1, -0.05) is 19.1 Å². The first kappa shape index (κ1) is 16.4. The molecule has 1 N–H and O–H groups in total. The van der Waals surface area contributed by atoms with Gasteiger partial charge in [0.05, 0.1) is 31.0 Å². The fourth-order valence-electron chi connectivity index (χ4n) is 3.21. The molecule has 0 aliphatic carbocycles. The van der Waals surface area contributed by atoms with Gasteiger partial charge in [0.15, 0.2) is 0 Å². The van der Waals surface area contributed by atoms with E-state index in [2.05, 4.69) is 12.2 Å². The number of nitrogens with one attached hydrogen (secondary N) is 1. The van der Waals surface area contributed by atoms with E-state index >= 15 is 0 Å². The minimum Gasteiger partial charge on any atom is -0.497 e. The highest BCUT2D eigenvalue weighted by atomic mass is 16.5. The second-order valence-electron chi connectivity index (χ2n) is 6.27. The molecule has 0 unspecified atom stereocenters. The van der Waals surface area contributed by atoms with E-state index in [4.69, 9.17) is 4.74 Å². The van der Waals surface area contributed by atoms with Gasteiger partial charge in [0, 0.05) is 13.1 Å². The summed E-state index contributed by atoms with van der Waals surface area (Å²) in [7, 11) is 3.32. The van der Waals surface area contributed by atoms with Gasteiger partial charge in [-0.15, -0.1) is 0 Å². The second kappa shape index (κ2) is 6.19. The zero-order chi connectivity index (χ0) is 17.4. The van der Waals surface area contributed by atoms with Crippen LogP contribution in [0.2, 0.25) is 0 Å². The van der Waals surface area contributed by atoms with Gasteiger partial charge in [-0.3, -0.25) is 9.69 Å². The molecule has 0 fully saturated rings. The summed E-state index contributed by atoms with van der Waals surface area (Å²) in [6.07, 6.45) is 0.880. The molecule has 0 spiro atoms. The molecule has 6 nitrogen and oxygen atoms in total. The summed E-state index contributed by atoms with van der Waals surface area (Å²) in [5, 5.41) is 2.94. The lowest BCUT2D eigenvalue weighted by atomic mass is 9.95. The zero-order valence-electron chi connectivity index (χ0n) is 14.5. The highest BCUT2D eigenvalue weighted by Gasteiger charge is 2.43. The van der Waals surface area contributed by atoms with Crippen molar-refractivity contribution < 1.29 is 14.3 Å². The van der Waals surface area contributed by atoms with Crippen molar-refractivity contribution in [3.8, 4) is 5.75 Å². The van der Waals surface area contributed by atoms with Gasteiger partial charge in [-0.2, -0.15) is 0 Å². The fourth-order valence-corrected chi connectivity index (χ4v) is 3.21. The third-order valence-electron chi connectivity index (χ3n) is 4.96. The van der Waals surface area contributed by atoms with Crippen molar-refractivity contribution >= 4 is 11.9 Å². The molecule has 2 heterocycles. The lowest BCUT2D eigenvalue weighted by molar-refractivity contribution is -0.127. The summed E-state index contributed by atoms with van der Waals surface area (Å²) in [6, 6.07) is 6.99. The Hall–Kier alpha value is -2.50. The van der Waals surface area contributed by atoms with Crippen molar-refractivity contribution in [2.75, 3.05) is 20.7 Å². The number of methoxy groups -OCH3 is 1. The molecule has 2 aliphatic heterocycles. The number of nitrogens with zero attached hydrogens (tertiary/aromatic N) is 2. The molecule has 2 atom stereocenters. The first-order valence-electron chi connectivity index (χ1n) is 8.20. The minimum absolute atomic E-state index is 0.00650. The van der Waals surface area contributed by atoms with Crippen molar-refractivity contribution in [1.29, 1.82) is 0 Å². The van der Waals surface area contributed by atoms with Crippen molar-refractivity contribution in [2.24, 2.45) is 0 Å². The molecule has 3 rings (SSSR count). The number of likely N-dealkylation sites (N-methyl/N-ethyl adjacent to an activating group) is 1. The van der Waals surface area contributed by atoms with Crippen molar-refractivity contribution in [2.45, 2.75) is 32.4 Å². The third-order valence-corrected chi connectivity index (χ3v) is 4.96. The van der Waals surface area contributed by atoms with E-state index in [1.54, 1.807) is 19.1 Å². The summed E-state index contributed by atoms with van der Waals surface area (Å²) in [5.74, 6) is 0.748. The molecule has 0 aromatic heterocycles. The summed E-state index contributed by atoms with van der Waals surface area (Å²) >= 11 is 0. The number of hydrogen-bond acceptors (Lipinski definition) is 3. The summed E-state index contributed by atoms with van der Waals surface area (Å²) in [6.45, 7) is 4.58. The van der Waals surface area contributed by atoms with Crippen LogP contribution in [0.15, 0.2) is 35.5 Å². The topological polar surface area (TPSA) is 61.9 Å². The molecule has 0 saturated carbocycles. The molecule has 128 valence electrons. The van der Waals surface area contributed by atoms with Gasteiger partial charge in [-0.25, -0.2) is 4.79 Å². The highest BCUT2D eigenvalue weighted by molar-refractivity contribution is 6.01.